The standard InChI is InChI=1S/C12H20N4O2/c1-10-7-11(18-14-10)8-13-9-12(17)16-5-3-15(2)4-6-16/h7,13H,3-6,8-9H2,1-2H3. The van der Waals surface area contributed by atoms with Crippen LogP contribution in [0.4, 0.5) is 0 Å². The normalized spacial score (nSPS) is 17.1. The third-order valence-electron chi connectivity index (χ3n) is 3.11. The molecule has 2 heterocycles. The van der Waals surface area contributed by atoms with Gasteiger partial charge < -0.3 is 19.6 Å². The number of aryl methyl sites for hydroxylation is 1. The summed E-state index contributed by atoms with van der Waals surface area (Å²) in [6.45, 7) is 6.31. The zero-order valence-electron chi connectivity index (χ0n) is 11.0. The molecule has 0 atom stereocenters. The molecule has 1 N–H and O–H groups in total. The van der Waals surface area contributed by atoms with Gasteiger partial charge in [0.2, 0.25) is 5.91 Å². The fourth-order valence-electron chi connectivity index (χ4n) is 1.96. The monoisotopic (exact) mass is 252 g/mol. The van der Waals surface area contributed by atoms with Gasteiger partial charge in [0.1, 0.15) is 0 Å². The van der Waals surface area contributed by atoms with Gasteiger partial charge in [-0.2, -0.15) is 0 Å². The molecule has 0 unspecified atom stereocenters. The van der Waals surface area contributed by atoms with Gasteiger partial charge in [-0.3, -0.25) is 4.79 Å². The Morgan fingerprint density at radius 3 is 2.78 bits per heavy atom. The first kappa shape index (κ1) is 13.0. The van der Waals surface area contributed by atoms with Crippen LogP contribution in [0.5, 0.6) is 0 Å². The molecule has 0 aliphatic carbocycles. The van der Waals surface area contributed by atoms with Gasteiger partial charge in [-0.25, -0.2) is 0 Å². The number of hydrogen-bond acceptors (Lipinski definition) is 5. The van der Waals surface area contributed by atoms with Crippen molar-refractivity contribution in [3.8, 4) is 0 Å². The van der Waals surface area contributed by atoms with E-state index < -0.39 is 0 Å². The van der Waals surface area contributed by atoms with Gasteiger partial charge in [-0.15, -0.1) is 0 Å². The van der Waals surface area contributed by atoms with Crippen LogP contribution in [0.15, 0.2) is 10.6 Å². The van der Waals surface area contributed by atoms with Crippen molar-refractivity contribution in [2.45, 2.75) is 13.5 Å². The van der Waals surface area contributed by atoms with Gasteiger partial charge in [0.25, 0.3) is 0 Å². The molecule has 0 saturated carbocycles. The SMILES string of the molecule is Cc1cc(CNCC(=O)N2CCN(C)CC2)on1. The van der Waals surface area contributed by atoms with Crippen LogP contribution in [0.2, 0.25) is 0 Å². The highest BCUT2D eigenvalue weighted by Crippen LogP contribution is 2.02. The smallest absolute Gasteiger partial charge is 0.236 e. The van der Waals surface area contributed by atoms with E-state index >= 15 is 0 Å². The fraction of sp³-hybridized carbons (Fsp3) is 0.667. The first-order valence-corrected chi connectivity index (χ1v) is 6.24. The summed E-state index contributed by atoms with van der Waals surface area (Å²) in [6, 6.07) is 1.87. The van der Waals surface area contributed by atoms with Crippen molar-refractivity contribution in [1.29, 1.82) is 0 Å². The number of likely N-dealkylation sites (N-methyl/N-ethyl adjacent to an activating group) is 1. The molecule has 0 spiro atoms. The first-order valence-electron chi connectivity index (χ1n) is 6.24. The summed E-state index contributed by atoms with van der Waals surface area (Å²) in [7, 11) is 2.08. The molecule has 2 rings (SSSR count). The highest BCUT2D eigenvalue weighted by molar-refractivity contribution is 5.78. The Balaban J connectivity index is 1.68. The van der Waals surface area contributed by atoms with Crippen LogP contribution >= 0.6 is 0 Å². The predicted octanol–water partition coefficient (Wildman–Crippen LogP) is -0.153. The summed E-state index contributed by atoms with van der Waals surface area (Å²) >= 11 is 0. The van der Waals surface area contributed by atoms with Gasteiger partial charge in [-0.1, -0.05) is 5.16 Å². The molecule has 1 aliphatic rings. The van der Waals surface area contributed by atoms with Crippen LogP contribution in [0.3, 0.4) is 0 Å². The highest BCUT2D eigenvalue weighted by Gasteiger charge is 2.18. The molecule has 18 heavy (non-hydrogen) atoms. The van der Waals surface area contributed by atoms with Crippen molar-refractivity contribution in [1.82, 2.24) is 20.3 Å². The second-order valence-corrected chi connectivity index (χ2v) is 4.72. The van der Waals surface area contributed by atoms with Crippen LogP contribution in [0.1, 0.15) is 11.5 Å². The van der Waals surface area contributed by atoms with Crippen LogP contribution < -0.4 is 5.32 Å². The number of amides is 1. The van der Waals surface area contributed by atoms with Gasteiger partial charge >= 0.3 is 0 Å². The minimum absolute atomic E-state index is 0.152. The van der Waals surface area contributed by atoms with Gasteiger partial charge in [0.15, 0.2) is 5.76 Å². The topological polar surface area (TPSA) is 61.6 Å². The maximum Gasteiger partial charge on any atom is 0.236 e. The molecular weight excluding hydrogens is 232 g/mol. The van der Waals surface area contributed by atoms with Crippen molar-refractivity contribution in [3.05, 3.63) is 17.5 Å². The predicted molar refractivity (Wildman–Crippen MR) is 67.0 cm³/mol. The van der Waals surface area contributed by atoms with Crippen molar-refractivity contribution in [2.24, 2.45) is 0 Å². The molecule has 100 valence electrons. The number of carbonyl (C=O) groups excluding carboxylic acids is 1. The molecule has 6 heteroatoms. The van der Waals surface area contributed by atoms with Crippen LogP contribution in [-0.4, -0.2) is 60.6 Å². The minimum Gasteiger partial charge on any atom is -0.360 e. The Morgan fingerprint density at radius 1 is 1.44 bits per heavy atom. The number of nitrogens with one attached hydrogen (secondary N) is 1. The highest BCUT2D eigenvalue weighted by atomic mass is 16.5. The molecule has 1 saturated heterocycles. The second kappa shape index (κ2) is 5.97. The van der Waals surface area contributed by atoms with Gasteiger partial charge in [-0.05, 0) is 14.0 Å². The Morgan fingerprint density at radius 2 is 2.17 bits per heavy atom. The van der Waals surface area contributed by atoms with Crippen LogP contribution in [0.25, 0.3) is 0 Å². The average Bonchev–Trinajstić information content (AvgIpc) is 2.76. The summed E-state index contributed by atoms with van der Waals surface area (Å²) in [5.74, 6) is 0.915. The lowest BCUT2D eigenvalue weighted by Crippen LogP contribution is -2.49. The minimum atomic E-state index is 0.152. The van der Waals surface area contributed by atoms with E-state index in [1.54, 1.807) is 0 Å². The molecular formula is C12H20N4O2. The van der Waals surface area contributed by atoms with E-state index in [0.29, 0.717) is 13.1 Å². The first-order chi connectivity index (χ1) is 8.65. The van der Waals surface area contributed by atoms with Crippen molar-refractivity contribution in [3.63, 3.8) is 0 Å². The molecule has 1 aliphatic heterocycles. The molecule has 0 radical (unpaired) electrons. The molecule has 1 aromatic rings. The summed E-state index contributed by atoms with van der Waals surface area (Å²) in [5.41, 5.74) is 0.859. The third kappa shape index (κ3) is 3.54. The van der Waals surface area contributed by atoms with Crippen molar-refractivity contribution < 1.29 is 9.32 Å². The Kier molecular flexibility index (Phi) is 4.33. The van der Waals surface area contributed by atoms with E-state index in [0.717, 1.165) is 37.6 Å². The van der Waals surface area contributed by atoms with Crippen molar-refractivity contribution in [2.75, 3.05) is 39.8 Å². The summed E-state index contributed by atoms with van der Waals surface area (Å²) < 4.78 is 5.06. The zero-order valence-corrected chi connectivity index (χ0v) is 11.0. The molecule has 1 amide bonds. The third-order valence-corrected chi connectivity index (χ3v) is 3.11. The quantitative estimate of drug-likeness (QED) is 0.807. The molecule has 6 nitrogen and oxygen atoms in total. The van der Waals surface area contributed by atoms with Gasteiger partial charge in [0, 0.05) is 32.2 Å². The lowest BCUT2D eigenvalue weighted by molar-refractivity contribution is -0.131. The number of hydrogen-bond donors (Lipinski definition) is 1. The van der Waals surface area contributed by atoms with Crippen LogP contribution in [-0.2, 0) is 11.3 Å². The number of piperazine rings is 1. The zero-order chi connectivity index (χ0) is 13.0. The number of nitrogens with zero attached hydrogens (tertiary/aromatic N) is 3. The van der Waals surface area contributed by atoms with E-state index in [9.17, 15) is 4.79 Å². The van der Waals surface area contributed by atoms with E-state index in [-0.39, 0.29) is 5.91 Å². The van der Waals surface area contributed by atoms with E-state index in [1.807, 2.05) is 17.9 Å². The van der Waals surface area contributed by atoms with Crippen LogP contribution in [0, 0.1) is 6.92 Å². The van der Waals surface area contributed by atoms with Gasteiger partial charge in [0.05, 0.1) is 18.8 Å². The molecule has 0 aromatic carbocycles. The maximum atomic E-state index is 11.9. The molecule has 1 fully saturated rings. The van der Waals surface area contributed by atoms with E-state index in [4.69, 9.17) is 4.52 Å². The Hall–Kier alpha value is -1.40. The van der Waals surface area contributed by atoms with E-state index in [1.165, 1.54) is 0 Å². The summed E-state index contributed by atoms with van der Waals surface area (Å²) in [6.07, 6.45) is 0. The summed E-state index contributed by atoms with van der Waals surface area (Å²) in [4.78, 5) is 16.0. The number of carbonyl (C=O) groups is 1. The Labute approximate surface area is 107 Å². The Bertz CT molecular complexity index is 397. The lowest BCUT2D eigenvalue weighted by atomic mass is 10.3. The maximum absolute atomic E-state index is 11.9. The number of rotatable bonds is 4. The largest absolute Gasteiger partial charge is 0.360 e. The molecule has 1 aromatic heterocycles. The second-order valence-electron chi connectivity index (χ2n) is 4.72. The summed E-state index contributed by atoms with van der Waals surface area (Å²) in [5, 5.41) is 6.88. The average molecular weight is 252 g/mol. The van der Waals surface area contributed by atoms with Crippen molar-refractivity contribution >= 4 is 5.91 Å². The fourth-order valence-corrected chi connectivity index (χ4v) is 1.96. The van der Waals surface area contributed by atoms with E-state index in [2.05, 4.69) is 22.4 Å². The molecule has 0 bridgehead atoms. The number of aromatic nitrogens is 1. The lowest BCUT2D eigenvalue weighted by Gasteiger charge is -2.32.